The Balaban J connectivity index is 2.32. The Morgan fingerprint density at radius 2 is 1.88 bits per heavy atom. The molecule has 24 heavy (non-hydrogen) atoms. The van der Waals surface area contributed by atoms with E-state index >= 15 is 0 Å². The molecule has 4 nitrogen and oxygen atoms in total. The summed E-state index contributed by atoms with van der Waals surface area (Å²) in [5.41, 5.74) is 6.15. The topological polar surface area (TPSA) is 68.1 Å². The lowest BCUT2D eigenvalue weighted by Gasteiger charge is -2.13. The third-order valence-electron chi connectivity index (χ3n) is 3.39. The molecule has 2 aromatic carbocycles. The molecule has 0 bridgehead atoms. The first-order valence-electron chi connectivity index (χ1n) is 6.72. The minimum absolute atomic E-state index is 0.0227. The van der Waals surface area contributed by atoms with E-state index in [-0.39, 0.29) is 16.8 Å². The van der Waals surface area contributed by atoms with E-state index in [1.54, 1.807) is 18.2 Å². The van der Waals surface area contributed by atoms with Crippen molar-refractivity contribution < 1.29 is 22.7 Å². The molecule has 0 saturated heterocycles. The Hall–Kier alpha value is -2.67. The quantitative estimate of drug-likeness (QED) is 0.727. The number of hydrogen-bond donors (Lipinski definition) is 2. The summed E-state index contributed by atoms with van der Waals surface area (Å²) in [6.45, 7) is 0. The van der Waals surface area contributed by atoms with Gasteiger partial charge in [0.15, 0.2) is 0 Å². The van der Waals surface area contributed by atoms with Crippen LogP contribution in [0.5, 0.6) is 5.75 Å². The van der Waals surface area contributed by atoms with E-state index in [1.165, 1.54) is 18.2 Å². The normalized spacial score (nSPS) is 11.7. The van der Waals surface area contributed by atoms with Gasteiger partial charge in [0.1, 0.15) is 11.4 Å². The molecular weight excluding hydrogens is 345 g/mol. The lowest BCUT2D eigenvalue weighted by molar-refractivity contribution is -0.274. The first-order valence-corrected chi connectivity index (χ1v) is 7.10. The molecular formula is C16H10ClF3N2O2. The number of primary amides is 1. The number of H-pyrrole nitrogens is 1. The Morgan fingerprint density at radius 3 is 2.54 bits per heavy atom. The van der Waals surface area contributed by atoms with Crippen molar-refractivity contribution in [3.63, 3.8) is 0 Å². The lowest BCUT2D eigenvalue weighted by atomic mass is 10.0. The molecule has 1 heterocycles. The standard InChI is InChI=1S/C16H10ClF3N2O2/c17-8-5-6-11-10(7-8)13(14(22-11)15(21)23)9-3-1-2-4-12(9)24-16(18,19)20/h1-7,22H,(H2,21,23). The second-order valence-electron chi connectivity index (χ2n) is 4.97. The zero-order chi connectivity index (χ0) is 17.5. The van der Waals surface area contributed by atoms with Gasteiger partial charge in [0.25, 0.3) is 5.91 Å². The molecule has 0 aliphatic carbocycles. The molecule has 0 spiro atoms. The lowest BCUT2D eigenvalue weighted by Crippen LogP contribution is -2.18. The maximum Gasteiger partial charge on any atom is 0.573 e. The van der Waals surface area contributed by atoms with Gasteiger partial charge in [0, 0.05) is 27.1 Å². The summed E-state index contributed by atoms with van der Waals surface area (Å²) >= 11 is 5.97. The van der Waals surface area contributed by atoms with E-state index in [4.69, 9.17) is 17.3 Å². The summed E-state index contributed by atoms with van der Waals surface area (Å²) < 4.78 is 42.0. The Morgan fingerprint density at radius 1 is 1.17 bits per heavy atom. The van der Waals surface area contributed by atoms with Gasteiger partial charge in [-0.3, -0.25) is 4.79 Å². The van der Waals surface area contributed by atoms with E-state index in [0.717, 1.165) is 6.07 Å². The van der Waals surface area contributed by atoms with E-state index in [0.29, 0.717) is 15.9 Å². The number of carbonyl (C=O) groups is 1. The number of nitrogens with one attached hydrogen (secondary N) is 1. The third-order valence-corrected chi connectivity index (χ3v) is 3.62. The van der Waals surface area contributed by atoms with E-state index in [1.807, 2.05) is 0 Å². The van der Waals surface area contributed by atoms with Crippen LogP contribution in [0.2, 0.25) is 5.02 Å². The summed E-state index contributed by atoms with van der Waals surface area (Å²) in [6.07, 6.45) is -4.87. The SMILES string of the molecule is NC(=O)c1[nH]c2ccc(Cl)cc2c1-c1ccccc1OC(F)(F)F. The number of alkyl halides is 3. The van der Waals surface area contributed by atoms with Gasteiger partial charge < -0.3 is 15.5 Å². The summed E-state index contributed by atoms with van der Waals surface area (Å²) in [6, 6.07) is 10.3. The average molecular weight is 355 g/mol. The molecule has 8 heteroatoms. The molecule has 3 aromatic rings. The highest BCUT2D eigenvalue weighted by molar-refractivity contribution is 6.31. The molecule has 3 rings (SSSR count). The highest BCUT2D eigenvalue weighted by atomic mass is 35.5. The van der Waals surface area contributed by atoms with Crippen molar-refractivity contribution in [3.8, 4) is 16.9 Å². The minimum Gasteiger partial charge on any atom is -0.405 e. The molecule has 0 radical (unpaired) electrons. The highest BCUT2D eigenvalue weighted by Gasteiger charge is 2.33. The fraction of sp³-hybridized carbons (Fsp3) is 0.0625. The molecule has 0 atom stereocenters. The van der Waals surface area contributed by atoms with Gasteiger partial charge in [-0.05, 0) is 24.3 Å². The van der Waals surface area contributed by atoms with Crippen LogP contribution in [0.1, 0.15) is 10.5 Å². The number of carbonyl (C=O) groups excluding carboxylic acids is 1. The fourth-order valence-corrected chi connectivity index (χ4v) is 2.69. The monoisotopic (exact) mass is 354 g/mol. The number of nitrogens with two attached hydrogens (primary N) is 1. The van der Waals surface area contributed by atoms with Crippen molar-refractivity contribution in [1.82, 2.24) is 4.98 Å². The number of amides is 1. The summed E-state index contributed by atoms with van der Waals surface area (Å²) in [7, 11) is 0. The molecule has 0 saturated carbocycles. The number of aromatic nitrogens is 1. The molecule has 0 fully saturated rings. The van der Waals surface area contributed by atoms with Crippen LogP contribution in [0.4, 0.5) is 13.2 Å². The first-order chi connectivity index (χ1) is 11.3. The minimum atomic E-state index is -4.87. The highest BCUT2D eigenvalue weighted by Crippen LogP contribution is 2.40. The van der Waals surface area contributed by atoms with Gasteiger partial charge in [-0.1, -0.05) is 29.8 Å². The number of para-hydroxylation sites is 1. The Labute approximate surface area is 139 Å². The maximum atomic E-state index is 12.7. The predicted octanol–water partition coefficient (Wildman–Crippen LogP) is 4.49. The molecule has 0 unspecified atom stereocenters. The number of fused-ring (bicyclic) bond motifs is 1. The summed E-state index contributed by atoms with van der Waals surface area (Å²) in [5.74, 6) is -1.24. The summed E-state index contributed by atoms with van der Waals surface area (Å²) in [5, 5.41) is 0.836. The van der Waals surface area contributed by atoms with Crippen LogP contribution in [0.3, 0.4) is 0 Å². The van der Waals surface area contributed by atoms with E-state index in [9.17, 15) is 18.0 Å². The molecule has 1 amide bonds. The predicted molar refractivity (Wildman–Crippen MR) is 83.9 cm³/mol. The van der Waals surface area contributed by atoms with Crippen molar-refractivity contribution in [3.05, 3.63) is 53.2 Å². The number of halogens is 4. The van der Waals surface area contributed by atoms with Gasteiger partial charge in [0.05, 0.1) is 0 Å². The van der Waals surface area contributed by atoms with Gasteiger partial charge >= 0.3 is 6.36 Å². The van der Waals surface area contributed by atoms with Crippen LogP contribution >= 0.6 is 11.6 Å². The van der Waals surface area contributed by atoms with Crippen LogP contribution in [0, 0.1) is 0 Å². The van der Waals surface area contributed by atoms with Crippen LogP contribution in [-0.2, 0) is 0 Å². The zero-order valence-corrected chi connectivity index (χ0v) is 12.7. The van der Waals surface area contributed by atoms with Crippen molar-refractivity contribution in [1.29, 1.82) is 0 Å². The Bertz CT molecular complexity index is 935. The second kappa shape index (κ2) is 5.76. The number of aromatic amines is 1. The van der Waals surface area contributed by atoms with Crippen LogP contribution < -0.4 is 10.5 Å². The average Bonchev–Trinajstić information content (AvgIpc) is 2.85. The van der Waals surface area contributed by atoms with Crippen molar-refractivity contribution >= 4 is 28.4 Å². The van der Waals surface area contributed by atoms with Gasteiger partial charge in [-0.15, -0.1) is 13.2 Å². The van der Waals surface area contributed by atoms with Crippen molar-refractivity contribution in [2.45, 2.75) is 6.36 Å². The van der Waals surface area contributed by atoms with Crippen LogP contribution in [0.15, 0.2) is 42.5 Å². The van der Waals surface area contributed by atoms with Crippen molar-refractivity contribution in [2.24, 2.45) is 5.73 Å². The first kappa shape index (κ1) is 16.2. The molecule has 0 aliphatic heterocycles. The zero-order valence-electron chi connectivity index (χ0n) is 11.9. The van der Waals surface area contributed by atoms with Crippen LogP contribution in [0.25, 0.3) is 22.0 Å². The molecule has 0 aliphatic rings. The third kappa shape index (κ3) is 3.03. The van der Waals surface area contributed by atoms with Crippen LogP contribution in [-0.4, -0.2) is 17.3 Å². The summed E-state index contributed by atoms with van der Waals surface area (Å²) in [4.78, 5) is 14.6. The van der Waals surface area contributed by atoms with Gasteiger partial charge in [0.2, 0.25) is 0 Å². The molecule has 3 N–H and O–H groups in total. The van der Waals surface area contributed by atoms with Crippen molar-refractivity contribution in [2.75, 3.05) is 0 Å². The van der Waals surface area contributed by atoms with Gasteiger partial charge in [-0.2, -0.15) is 0 Å². The number of ether oxygens (including phenoxy) is 1. The van der Waals surface area contributed by atoms with Gasteiger partial charge in [-0.25, -0.2) is 0 Å². The largest absolute Gasteiger partial charge is 0.573 e. The maximum absolute atomic E-state index is 12.7. The number of hydrogen-bond acceptors (Lipinski definition) is 2. The van der Waals surface area contributed by atoms with E-state index in [2.05, 4.69) is 9.72 Å². The number of rotatable bonds is 3. The molecule has 1 aromatic heterocycles. The smallest absolute Gasteiger partial charge is 0.405 e. The Kier molecular flexibility index (Phi) is 3.88. The second-order valence-corrected chi connectivity index (χ2v) is 5.41. The fourth-order valence-electron chi connectivity index (χ4n) is 2.52. The van der Waals surface area contributed by atoms with E-state index < -0.39 is 18.0 Å². The molecule has 124 valence electrons. The number of benzene rings is 2.